The number of nitriles is 1. The van der Waals surface area contributed by atoms with Crippen LogP contribution in [0.1, 0.15) is 38.7 Å². The Morgan fingerprint density at radius 1 is 1.31 bits per heavy atom. The number of aromatic amines is 1. The van der Waals surface area contributed by atoms with E-state index in [0.717, 1.165) is 16.8 Å². The number of nitrogens with two attached hydrogens (primary N) is 1. The van der Waals surface area contributed by atoms with E-state index in [-0.39, 0.29) is 5.92 Å². The predicted octanol–water partition coefficient (Wildman–Crippen LogP) is 2.76. The zero-order chi connectivity index (χ0) is 18.5. The smallest absolute Gasteiger partial charge is 0.252 e. The first-order valence-electron chi connectivity index (χ1n) is 8.08. The number of imidazole rings is 1. The van der Waals surface area contributed by atoms with Gasteiger partial charge in [0, 0.05) is 23.4 Å². The molecule has 0 spiro atoms. The normalized spacial score (nSPS) is 11.5. The minimum Gasteiger partial charge on any atom is -0.496 e. The zero-order valence-electron chi connectivity index (χ0n) is 14.3. The number of carbonyl (C=O) groups is 1. The Bertz CT molecular complexity index is 941. The maximum atomic E-state index is 11.8. The third kappa shape index (κ3) is 3.42. The van der Waals surface area contributed by atoms with Crippen LogP contribution in [0.4, 0.5) is 0 Å². The van der Waals surface area contributed by atoms with Crippen molar-refractivity contribution in [2.75, 3.05) is 7.11 Å². The second kappa shape index (κ2) is 7.53. The molecule has 1 amide bonds. The molecular weight excluding hydrogens is 328 g/mol. The van der Waals surface area contributed by atoms with Gasteiger partial charge in [0.1, 0.15) is 5.75 Å². The van der Waals surface area contributed by atoms with Crippen LogP contribution in [-0.4, -0.2) is 23.0 Å². The number of ether oxygens (including phenoxy) is 1. The Morgan fingerprint density at radius 3 is 2.65 bits per heavy atom. The summed E-state index contributed by atoms with van der Waals surface area (Å²) in [4.78, 5) is 19.0. The van der Waals surface area contributed by atoms with Crippen molar-refractivity contribution in [3.05, 3.63) is 82.9 Å². The van der Waals surface area contributed by atoms with Crippen molar-refractivity contribution in [2.24, 2.45) is 5.73 Å². The molecule has 0 saturated heterocycles. The van der Waals surface area contributed by atoms with Crippen LogP contribution in [0.25, 0.3) is 0 Å². The van der Waals surface area contributed by atoms with E-state index in [0.29, 0.717) is 23.3 Å². The van der Waals surface area contributed by atoms with Gasteiger partial charge in [-0.25, -0.2) is 4.98 Å². The highest BCUT2D eigenvalue weighted by Crippen LogP contribution is 2.35. The Kier molecular flexibility index (Phi) is 4.99. The summed E-state index contributed by atoms with van der Waals surface area (Å²) in [7, 11) is 1.52. The van der Waals surface area contributed by atoms with Crippen molar-refractivity contribution >= 4 is 5.91 Å². The molecule has 6 heteroatoms. The number of benzene rings is 2. The van der Waals surface area contributed by atoms with Gasteiger partial charge in [0.05, 0.1) is 30.6 Å². The molecule has 0 aliphatic rings. The number of para-hydroxylation sites is 1. The molecule has 3 rings (SSSR count). The van der Waals surface area contributed by atoms with Crippen LogP contribution in [0.5, 0.6) is 5.75 Å². The molecule has 0 saturated carbocycles. The first-order valence-corrected chi connectivity index (χ1v) is 8.08. The van der Waals surface area contributed by atoms with Crippen LogP contribution in [0.15, 0.2) is 55.0 Å². The first kappa shape index (κ1) is 17.2. The fourth-order valence-corrected chi connectivity index (χ4v) is 3.05. The highest BCUT2D eigenvalue weighted by Gasteiger charge is 2.23. The first-order chi connectivity index (χ1) is 12.6. The number of methoxy groups -OCH3 is 1. The van der Waals surface area contributed by atoms with Crippen LogP contribution in [-0.2, 0) is 6.42 Å². The Hall–Kier alpha value is -3.59. The molecule has 0 aliphatic carbocycles. The number of nitrogens with zero attached hydrogens (tertiary/aromatic N) is 2. The summed E-state index contributed by atoms with van der Waals surface area (Å²) in [6, 6.07) is 14.9. The molecule has 0 bridgehead atoms. The monoisotopic (exact) mass is 346 g/mol. The Balaban J connectivity index is 2.06. The lowest BCUT2D eigenvalue weighted by atomic mass is 9.87. The van der Waals surface area contributed by atoms with Crippen LogP contribution in [0.2, 0.25) is 0 Å². The van der Waals surface area contributed by atoms with Gasteiger partial charge in [-0.3, -0.25) is 4.79 Å². The number of carbonyl (C=O) groups excluding carboxylic acids is 1. The molecule has 3 N–H and O–H groups in total. The van der Waals surface area contributed by atoms with Gasteiger partial charge < -0.3 is 15.5 Å². The van der Waals surface area contributed by atoms with Gasteiger partial charge >= 0.3 is 0 Å². The van der Waals surface area contributed by atoms with Crippen molar-refractivity contribution in [1.82, 2.24) is 9.97 Å². The van der Waals surface area contributed by atoms with Gasteiger partial charge in [0.15, 0.2) is 0 Å². The second-order valence-corrected chi connectivity index (χ2v) is 5.86. The highest BCUT2D eigenvalue weighted by atomic mass is 16.5. The minimum atomic E-state index is -0.537. The molecule has 0 radical (unpaired) electrons. The van der Waals surface area contributed by atoms with Gasteiger partial charge in [0.2, 0.25) is 0 Å². The van der Waals surface area contributed by atoms with E-state index < -0.39 is 5.91 Å². The van der Waals surface area contributed by atoms with E-state index in [4.69, 9.17) is 15.7 Å². The summed E-state index contributed by atoms with van der Waals surface area (Å²) in [5, 5.41) is 8.97. The third-order valence-corrected chi connectivity index (χ3v) is 4.31. The number of H-pyrrole nitrogens is 1. The van der Waals surface area contributed by atoms with Gasteiger partial charge in [0.25, 0.3) is 5.91 Å². The van der Waals surface area contributed by atoms with Gasteiger partial charge in [-0.1, -0.05) is 24.3 Å². The number of hydrogen-bond donors (Lipinski definition) is 2. The van der Waals surface area contributed by atoms with Crippen LogP contribution in [0, 0.1) is 11.3 Å². The molecule has 1 unspecified atom stereocenters. The molecule has 130 valence electrons. The largest absolute Gasteiger partial charge is 0.496 e. The molecule has 1 atom stereocenters. The van der Waals surface area contributed by atoms with Crippen molar-refractivity contribution < 1.29 is 9.53 Å². The van der Waals surface area contributed by atoms with Crippen LogP contribution in [0.3, 0.4) is 0 Å². The maximum absolute atomic E-state index is 11.8. The fourth-order valence-electron chi connectivity index (χ4n) is 3.05. The van der Waals surface area contributed by atoms with Crippen molar-refractivity contribution in [3.8, 4) is 11.8 Å². The number of amides is 1. The lowest BCUT2D eigenvalue weighted by Crippen LogP contribution is -2.15. The Morgan fingerprint density at radius 2 is 2.08 bits per heavy atom. The topological polar surface area (TPSA) is 105 Å². The average Bonchev–Trinajstić information content (AvgIpc) is 3.20. The SMILES string of the molecule is COc1c(C(N)=O)cccc1C(Cc1ccc(C#N)cc1)c1cnc[nH]1. The summed E-state index contributed by atoms with van der Waals surface area (Å²) in [5.74, 6) is -0.182. The number of primary amides is 1. The number of aromatic nitrogens is 2. The molecule has 6 nitrogen and oxygen atoms in total. The van der Waals surface area contributed by atoms with E-state index in [2.05, 4.69) is 16.0 Å². The van der Waals surface area contributed by atoms with Crippen molar-refractivity contribution in [3.63, 3.8) is 0 Å². The number of rotatable bonds is 6. The number of nitrogens with one attached hydrogen (secondary N) is 1. The molecule has 0 aliphatic heterocycles. The van der Waals surface area contributed by atoms with E-state index in [1.54, 1.807) is 36.8 Å². The summed E-state index contributed by atoms with van der Waals surface area (Å²) >= 11 is 0. The molecule has 0 fully saturated rings. The summed E-state index contributed by atoms with van der Waals surface area (Å²) in [6.45, 7) is 0. The maximum Gasteiger partial charge on any atom is 0.252 e. The van der Waals surface area contributed by atoms with Gasteiger partial charge in [-0.2, -0.15) is 5.26 Å². The lowest BCUT2D eigenvalue weighted by Gasteiger charge is -2.20. The molecule has 26 heavy (non-hydrogen) atoms. The average molecular weight is 346 g/mol. The molecule has 1 aromatic heterocycles. The minimum absolute atomic E-state index is 0.111. The Labute approximate surface area is 151 Å². The fraction of sp³-hybridized carbons (Fsp3) is 0.150. The lowest BCUT2D eigenvalue weighted by molar-refractivity contribution is 0.0997. The quantitative estimate of drug-likeness (QED) is 0.716. The number of hydrogen-bond acceptors (Lipinski definition) is 4. The predicted molar refractivity (Wildman–Crippen MR) is 96.8 cm³/mol. The summed E-state index contributed by atoms with van der Waals surface area (Å²) in [6.07, 6.45) is 4.02. The van der Waals surface area contributed by atoms with Crippen molar-refractivity contribution in [1.29, 1.82) is 5.26 Å². The molecule has 2 aromatic carbocycles. The summed E-state index contributed by atoms with van der Waals surface area (Å²) in [5.41, 5.74) is 9.24. The van der Waals surface area contributed by atoms with Gasteiger partial charge in [-0.15, -0.1) is 0 Å². The standard InChI is InChI=1S/C20H18N4O2/c1-26-19-15(3-2-4-16(19)20(22)25)17(18-11-23-12-24-18)9-13-5-7-14(10-21)8-6-13/h2-8,11-12,17H,9H2,1H3,(H2,22,25)(H,23,24). The molecular formula is C20H18N4O2. The van der Waals surface area contributed by atoms with E-state index in [1.807, 2.05) is 18.2 Å². The van der Waals surface area contributed by atoms with E-state index in [1.165, 1.54) is 7.11 Å². The molecule has 1 heterocycles. The highest BCUT2D eigenvalue weighted by molar-refractivity contribution is 5.96. The zero-order valence-corrected chi connectivity index (χ0v) is 14.3. The molecule has 3 aromatic rings. The van der Waals surface area contributed by atoms with E-state index in [9.17, 15) is 4.79 Å². The van der Waals surface area contributed by atoms with Crippen molar-refractivity contribution in [2.45, 2.75) is 12.3 Å². The summed E-state index contributed by atoms with van der Waals surface area (Å²) < 4.78 is 5.51. The third-order valence-electron chi connectivity index (χ3n) is 4.31. The van der Waals surface area contributed by atoms with E-state index >= 15 is 0 Å². The van der Waals surface area contributed by atoms with Crippen LogP contribution < -0.4 is 10.5 Å². The second-order valence-electron chi connectivity index (χ2n) is 5.86. The van der Waals surface area contributed by atoms with Gasteiger partial charge in [-0.05, 0) is 30.2 Å². The van der Waals surface area contributed by atoms with Crippen LogP contribution >= 0.6 is 0 Å².